The van der Waals surface area contributed by atoms with Crippen LogP contribution in [0.4, 0.5) is 0 Å². The van der Waals surface area contributed by atoms with Crippen molar-refractivity contribution >= 4 is 23.6 Å². The first-order chi connectivity index (χ1) is 8.72. The van der Waals surface area contributed by atoms with E-state index in [1.165, 1.54) is 7.11 Å². The molecule has 0 spiro atoms. The summed E-state index contributed by atoms with van der Waals surface area (Å²) in [5, 5.41) is -0.133. The molecule has 1 fully saturated rings. The number of esters is 1. The van der Waals surface area contributed by atoms with Gasteiger partial charge in [-0.1, -0.05) is 0 Å². The summed E-state index contributed by atoms with van der Waals surface area (Å²) < 4.78 is 9.95. The molecule has 1 aromatic heterocycles. The lowest BCUT2D eigenvalue weighted by Crippen LogP contribution is -2.38. The third-order valence-electron chi connectivity index (χ3n) is 2.77. The molecule has 1 atom stereocenters. The zero-order chi connectivity index (χ0) is 13.0. The molecule has 1 aliphatic rings. The van der Waals surface area contributed by atoms with E-state index in [1.54, 1.807) is 29.0 Å². The second-order valence-corrected chi connectivity index (χ2v) is 5.09. The molecule has 0 aliphatic carbocycles. The fourth-order valence-electron chi connectivity index (χ4n) is 1.85. The molecule has 1 amide bonds. The summed E-state index contributed by atoms with van der Waals surface area (Å²) in [6, 6.07) is 3.65. The highest BCUT2D eigenvalue weighted by molar-refractivity contribution is 7.99. The number of hydrogen-bond donors (Lipinski definition) is 0. The van der Waals surface area contributed by atoms with Gasteiger partial charge in [-0.25, -0.2) is 0 Å². The third-order valence-corrected chi connectivity index (χ3v) is 4.01. The Hall–Kier alpha value is -1.43. The van der Waals surface area contributed by atoms with Crippen molar-refractivity contribution in [3.8, 4) is 0 Å². The molecule has 98 valence electrons. The molecule has 1 saturated heterocycles. The van der Waals surface area contributed by atoms with Gasteiger partial charge < -0.3 is 14.1 Å². The molecule has 6 heteroatoms. The second-order valence-electron chi connectivity index (χ2n) is 3.90. The lowest BCUT2D eigenvalue weighted by Gasteiger charge is -2.33. The number of hydrogen-bond acceptors (Lipinski definition) is 5. The first kappa shape index (κ1) is 13.0. The number of carbonyl (C=O) groups is 2. The van der Waals surface area contributed by atoms with Gasteiger partial charge in [-0.2, -0.15) is 0 Å². The van der Waals surface area contributed by atoms with Gasteiger partial charge in [-0.15, -0.1) is 11.8 Å². The van der Waals surface area contributed by atoms with Gasteiger partial charge in [0.05, 0.1) is 19.8 Å². The molecule has 0 bridgehead atoms. The van der Waals surface area contributed by atoms with Crippen LogP contribution in [-0.4, -0.2) is 36.2 Å². The van der Waals surface area contributed by atoms with Crippen molar-refractivity contribution in [1.82, 2.24) is 4.90 Å². The Morgan fingerprint density at radius 1 is 1.67 bits per heavy atom. The van der Waals surface area contributed by atoms with E-state index in [9.17, 15) is 9.59 Å². The monoisotopic (exact) mass is 269 g/mol. The number of carbonyl (C=O) groups excluding carboxylic acids is 2. The Balaban J connectivity index is 2.06. The quantitative estimate of drug-likeness (QED) is 0.780. The fourth-order valence-corrected chi connectivity index (χ4v) is 3.06. The van der Waals surface area contributed by atoms with E-state index >= 15 is 0 Å². The number of nitrogens with zero attached hydrogens (tertiary/aromatic N) is 1. The molecular formula is C12H15NO4S. The van der Waals surface area contributed by atoms with Gasteiger partial charge >= 0.3 is 5.97 Å². The lowest BCUT2D eigenvalue weighted by molar-refractivity contribution is -0.142. The van der Waals surface area contributed by atoms with E-state index in [-0.39, 0.29) is 23.7 Å². The zero-order valence-corrected chi connectivity index (χ0v) is 10.9. The highest BCUT2D eigenvalue weighted by Gasteiger charge is 2.31. The average molecular weight is 269 g/mol. The smallest absolute Gasteiger partial charge is 0.307 e. The van der Waals surface area contributed by atoms with E-state index in [4.69, 9.17) is 4.42 Å². The Labute approximate surface area is 109 Å². The van der Waals surface area contributed by atoms with Crippen LogP contribution in [0.2, 0.25) is 0 Å². The summed E-state index contributed by atoms with van der Waals surface area (Å²) in [7, 11) is 1.35. The highest BCUT2D eigenvalue weighted by Crippen LogP contribution is 2.37. The first-order valence-corrected chi connectivity index (χ1v) is 6.78. The fraction of sp³-hybridized carbons (Fsp3) is 0.500. The Kier molecular flexibility index (Phi) is 4.30. The second kappa shape index (κ2) is 5.95. The number of amides is 1. The van der Waals surface area contributed by atoms with Gasteiger partial charge in [-0.3, -0.25) is 9.59 Å². The van der Waals surface area contributed by atoms with Crippen molar-refractivity contribution in [2.75, 3.05) is 19.4 Å². The van der Waals surface area contributed by atoms with Crippen LogP contribution >= 0.6 is 11.8 Å². The predicted octanol–water partition coefficient (Wildman–Crippen LogP) is 1.81. The maximum Gasteiger partial charge on any atom is 0.307 e. The maximum atomic E-state index is 11.9. The molecule has 2 rings (SSSR count). The van der Waals surface area contributed by atoms with Crippen LogP contribution < -0.4 is 0 Å². The van der Waals surface area contributed by atoms with Gasteiger partial charge in [0.25, 0.3) is 0 Å². The first-order valence-electron chi connectivity index (χ1n) is 5.73. The van der Waals surface area contributed by atoms with E-state index in [1.807, 2.05) is 6.07 Å². The lowest BCUT2D eigenvalue weighted by atomic mass is 10.3. The van der Waals surface area contributed by atoms with Crippen LogP contribution in [0.1, 0.15) is 24.0 Å². The van der Waals surface area contributed by atoms with Gasteiger partial charge in [0.15, 0.2) is 0 Å². The minimum Gasteiger partial charge on any atom is -0.469 e. The largest absolute Gasteiger partial charge is 0.469 e. The summed E-state index contributed by atoms with van der Waals surface area (Å²) in [5.74, 6) is 1.27. The van der Waals surface area contributed by atoms with E-state index < -0.39 is 0 Å². The average Bonchev–Trinajstić information content (AvgIpc) is 2.90. The Bertz CT molecular complexity index is 418. The van der Waals surface area contributed by atoms with Crippen molar-refractivity contribution in [2.24, 2.45) is 0 Å². The Morgan fingerprint density at radius 3 is 3.17 bits per heavy atom. The van der Waals surface area contributed by atoms with E-state index in [0.717, 1.165) is 11.5 Å². The number of methoxy groups -OCH3 is 1. The van der Waals surface area contributed by atoms with Crippen molar-refractivity contribution in [3.63, 3.8) is 0 Å². The molecule has 2 heterocycles. The van der Waals surface area contributed by atoms with Crippen molar-refractivity contribution in [2.45, 2.75) is 18.2 Å². The normalized spacial score (nSPS) is 19.9. The topological polar surface area (TPSA) is 59.8 Å². The van der Waals surface area contributed by atoms with Gasteiger partial charge in [0, 0.05) is 18.7 Å². The van der Waals surface area contributed by atoms with Crippen LogP contribution in [0.25, 0.3) is 0 Å². The predicted molar refractivity (Wildman–Crippen MR) is 66.9 cm³/mol. The summed E-state index contributed by atoms with van der Waals surface area (Å²) >= 11 is 1.65. The van der Waals surface area contributed by atoms with Crippen molar-refractivity contribution in [1.29, 1.82) is 0 Å². The summed E-state index contributed by atoms with van der Waals surface area (Å²) in [4.78, 5) is 24.8. The molecule has 18 heavy (non-hydrogen) atoms. The minimum atomic E-state index is -0.309. The molecule has 1 aromatic rings. The molecule has 0 N–H and O–H groups in total. The molecular weight excluding hydrogens is 254 g/mol. The van der Waals surface area contributed by atoms with Gasteiger partial charge in [0.1, 0.15) is 11.1 Å². The summed E-state index contributed by atoms with van der Waals surface area (Å²) in [6.45, 7) is 0.365. The van der Waals surface area contributed by atoms with Crippen molar-refractivity contribution < 1.29 is 18.7 Å². The third kappa shape index (κ3) is 2.87. The van der Waals surface area contributed by atoms with E-state index in [0.29, 0.717) is 13.0 Å². The zero-order valence-electron chi connectivity index (χ0n) is 10.1. The van der Waals surface area contributed by atoms with Crippen LogP contribution in [0.3, 0.4) is 0 Å². The standard InChI is InChI=1S/C12H15NO4S/c1-16-11(15)4-6-13-10(14)5-8-18-12(13)9-3-2-7-17-9/h2-3,7,12H,4-6,8H2,1H3. The number of furan rings is 1. The molecule has 0 radical (unpaired) electrons. The van der Waals surface area contributed by atoms with Gasteiger partial charge in [-0.05, 0) is 12.1 Å². The number of thioether (sulfide) groups is 1. The van der Waals surface area contributed by atoms with Crippen LogP contribution in [0, 0.1) is 0 Å². The van der Waals surface area contributed by atoms with E-state index in [2.05, 4.69) is 4.74 Å². The van der Waals surface area contributed by atoms with Crippen molar-refractivity contribution in [3.05, 3.63) is 24.2 Å². The van der Waals surface area contributed by atoms with Crippen LogP contribution in [0.5, 0.6) is 0 Å². The van der Waals surface area contributed by atoms with Crippen LogP contribution in [-0.2, 0) is 14.3 Å². The maximum absolute atomic E-state index is 11.9. The molecule has 0 aromatic carbocycles. The Morgan fingerprint density at radius 2 is 2.50 bits per heavy atom. The van der Waals surface area contributed by atoms with Crippen LogP contribution in [0.15, 0.2) is 22.8 Å². The molecule has 1 unspecified atom stereocenters. The SMILES string of the molecule is COC(=O)CCN1C(=O)CCSC1c1ccco1. The molecule has 5 nitrogen and oxygen atoms in total. The number of ether oxygens (including phenoxy) is 1. The molecule has 0 saturated carbocycles. The summed E-state index contributed by atoms with van der Waals surface area (Å²) in [6.07, 6.45) is 2.30. The van der Waals surface area contributed by atoms with Gasteiger partial charge in [0.2, 0.25) is 5.91 Å². The molecule has 1 aliphatic heterocycles. The summed E-state index contributed by atoms with van der Waals surface area (Å²) in [5.41, 5.74) is 0. The number of rotatable bonds is 4. The highest BCUT2D eigenvalue weighted by atomic mass is 32.2. The minimum absolute atomic E-state index is 0.0547.